The molecule has 12 nitrogen and oxygen atoms in total. The summed E-state index contributed by atoms with van der Waals surface area (Å²) in [5.41, 5.74) is 0.116. The number of carbonyl (C=O) groups is 4. The standard InChI is InChI=1S/C30H39N5O7S/c1-3-41-28(39)30(11-16-40-2)18-22-7-9-23(10-8-22)42-20-26(37)31-12-5-14-34(13-4-6-25(36)32-21-30)27(38)24-19-35-15-17-43-29(35)33-24/h7-10,15,17,19H,3-6,11-14,16,18,20-21H2,1-2H3,(H,31,37)(H,32,36). The van der Waals surface area contributed by atoms with Crippen molar-refractivity contribution in [3.05, 3.63) is 53.3 Å². The Morgan fingerprint density at radius 3 is 2.65 bits per heavy atom. The van der Waals surface area contributed by atoms with Gasteiger partial charge in [-0.1, -0.05) is 12.1 Å². The SMILES string of the molecule is CCOC(=O)C1(CCOC)CNC(=O)CCCN(C(=O)c2cn3ccsc3n2)CCCNC(=O)COc2ccc(cc2)C1. The van der Waals surface area contributed by atoms with Crippen LogP contribution in [0, 0.1) is 5.41 Å². The number of imidazole rings is 1. The zero-order valence-corrected chi connectivity index (χ0v) is 25.5. The van der Waals surface area contributed by atoms with Gasteiger partial charge in [0.05, 0.1) is 12.0 Å². The van der Waals surface area contributed by atoms with Crippen molar-refractivity contribution in [1.82, 2.24) is 24.9 Å². The molecule has 1 aromatic carbocycles. The van der Waals surface area contributed by atoms with Crippen molar-refractivity contribution in [2.75, 3.05) is 53.1 Å². The largest absolute Gasteiger partial charge is 0.484 e. The Morgan fingerprint density at radius 2 is 1.91 bits per heavy atom. The molecule has 2 bridgehead atoms. The van der Waals surface area contributed by atoms with E-state index in [0.29, 0.717) is 63.4 Å². The minimum Gasteiger partial charge on any atom is -0.484 e. The van der Waals surface area contributed by atoms with Gasteiger partial charge in [0.2, 0.25) is 5.91 Å². The van der Waals surface area contributed by atoms with E-state index in [1.165, 1.54) is 11.3 Å². The summed E-state index contributed by atoms with van der Waals surface area (Å²) in [6, 6.07) is 7.16. The van der Waals surface area contributed by atoms with E-state index in [4.69, 9.17) is 14.2 Å². The predicted octanol–water partition coefficient (Wildman–Crippen LogP) is 2.46. The summed E-state index contributed by atoms with van der Waals surface area (Å²) in [5, 5.41) is 7.66. The Labute approximate surface area is 254 Å². The van der Waals surface area contributed by atoms with Crippen molar-refractivity contribution in [1.29, 1.82) is 0 Å². The van der Waals surface area contributed by atoms with Crippen LogP contribution in [0.15, 0.2) is 42.0 Å². The Hall–Kier alpha value is -3.97. The number of methoxy groups -OCH3 is 1. The highest BCUT2D eigenvalue weighted by atomic mass is 32.1. The van der Waals surface area contributed by atoms with Gasteiger partial charge in [-0.2, -0.15) is 0 Å². The van der Waals surface area contributed by atoms with Crippen LogP contribution in [0.1, 0.15) is 48.7 Å². The molecule has 0 saturated carbocycles. The van der Waals surface area contributed by atoms with Crippen LogP contribution < -0.4 is 15.4 Å². The van der Waals surface area contributed by atoms with Crippen molar-refractivity contribution in [3.8, 4) is 5.75 Å². The lowest BCUT2D eigenvalue weighted by atomic mass is 9.78. The quantitative estimate of drug-likeness (QED) is 0.404. The molecular weight excluding hydrogens is 574 g/mol. The van der Waals surface area contributed by atoms with Crippen molar-refractivity contribution < 1.29 is 33.4 Å². The van der Waals surface area contributed by atoms with Crippen molar-refractivity contribution >= 4 is 40.0 Å². The van der Waals surface area contributed by atoms with E-state index in [1.807, 2.05) is 23.7 Å². The van der Waals surface area contributed by atoms with Gasteiger partial charge >= 0.3 is 5.97 Å². The van der Waals surface area contributed by atoms with E-state index >= 15 is 0 Å². The maximum atomic E-state index is 13.4. The van der Waals surface area contributed by atoms with Gasteiger partial charge in [0.15, 0.2) is 11.6 Å². The molecule has 13 heteroatoms. The van der Waals surface area contributed by atoms with Crippen molar-refractivity contribution in [3.63, 3.8) is 0 Å². The first-order valence-corrected chi connectivity index (χ1v) is 15.3. The average molecular weight is 614 g/mol. The van der Waals surface area contributed by atoms with Gasteiger partial charge in [0.1, 0.15) is 11.4 Å². The number of nitrogens with one attached hydrogen (secondary N) is 2. The van der Waals surface area contributed by atoms with Crippen LogP contribution in [0.4, 0.5) is 0 Å². The van der Waals surface area contributed by atoms with Gasteiger partial charge < -0.3 is 29.7 Å². The summed E-state index contributed by atoms with van der Waals surface area (Å²) < 4.78 is 18.2. The third-order valence-electron chi connectivity index (χ3n) is 7.31. The Morgan fingerprint density at radius 1 is 1.12 bits per heavy atom. The molecule has 3 amide bonds. The van der Waals surface area contributed by atoms with E-state index in [1.54, 1.807) is 41.7 Å². The highest BCUT2D eigenvalue weighted by Crippen LogP contribution is 2.30. The van der Waals surface area contributed by atoms with E-state index in [-0.39, 0.29) is 43.9 Å². The number of hydrogen-bond donors (Lipinski definition) is 2. The van der Waals surface area contributed by atoms with E-state index in [0.717, 1.165) is 10.5 Å². The monoisotopic (exact) mass is 613 g/mol. The molecule has 0 fully saturated rings. The highest BCUT2D eigenvalue weighted by molar-refractivity contribution is 7.15. The molecule has 4 heterocycles. The summed E-state index contributed by atoms with van der Waals surface area (Å²) in [4.78, 5) is 58.9. The molecule has 2 aromatic heterocycles. The summed E-state index contributed by atoms with van der Waals surface area (Å²) >= 11 is 1.44. The van der Waals surface area contributed by atoms with Gasteiger partial charge in [-0.15, -0.1) is 11.3 Å². The first-order chi connectivity index (χ1) is 20.8. The fourth-order valence-electron chi connectivity index (χ4n) is 4.95. The minimum atomic E-state index is -1.05. The van der Waals surface area contributed by atoms with E-state index in [9.17, 15) is 19.2 Å². The maximum absolute atomic E-state index is 13.4. The second-order valence-corrected chi connectivity index (χ2v) is 11.3. The van der Waals surface area contributed by atoms with Crippen molar-refractivity contribution in [2.24, 2.45) is 5.41 Å². The molecule has 5 rings (SSSR count). The van der Waals surface area contributed by atoms with Gasteiger partial charge in [-0.25, -0.2) is 4.98 Å². The summed E-state index contributed by atoms with van der Waals surface area (Å²) in [6.45, 7) is 3.23. The number of ether oxygens (including phenoxy) is 3. The Kier molecular flexibility index (Phi) is 11.5. The van der Waals surface area contributed by atoms with Crippen LogP contribution in [0.3, 0.4) is 0 Å². The Balaban J connectivity index is 1.53. The highest BCUT2D eigenvalue weighted by Gasteiger charge is 2.40. The molecule has 2 aliphatic rings. The number of amides is 3. The van der Waals surface area contributed by atoms with Crippen molar-refractivity contribution in [2.45, 2.75) is 39.0 Å². The van der Waals surface area contributed by atoms with Gasteiger partial charge in [0.25, 0.3) is 11.8 Å². The Bertz CT molecular complexity index is 1360. The third-order valence-corrected chi connectivity index (χ3v) is 8.08. The molecule has 2 N–H and O–H groups in total. The average Bonchev–Trinajstić information content (AvgIpc) is 3.62. The summed E-state index contributed by atoms with van der Waals surface area (Å²) in [5.74, 6) is -0.646. The molecule has 3 aromatic rings. The number of rotatable bonds is 6. The lowest BCUT2D eigenvalue weighted by Crippen LogP contribution is -2.46. The molecule has 0 spiro atoms. The first kappa shape index (κ1) is 32.0. The molecule has 232 valence electrons. The van der Waals surface area contributed by atoms with E-state index < -0.39 is 11.4 Å². The lowest BCUT2D eigenvalue weighted by Gasteiger charge is -2.32. The minimum absolute atomic E-state index is 0.0699. The normalized spacial score (nSPS) is 19.3. The molecule has 0 aliphatic carbocycles. The number of hydrogen-bond acceptors (Lipinski definition) is 9. The molecule has 0 saturated heterocycles. The fourth-order valence-corrected chi connectivity index (χ4v) is 5.65. The lowest BCUT2D eigenvalue weighted by molar-refractivity contribution is -0.156. The number of thiazole rings is 1. The summed E-state index contributed by atoms with van der Waals surface area (Å²) in [7, 11) is 1.56. The first-order valence-electron chi connectivity index (χ1n) is 14.5. The van der Waals surface area contributed by atoms with Crippen LogP contribution >= 0.6 is 11.3 Å². The second-order valence-electron chi connectivity index (χ2n) is 10.4. The predicted molar refractivity (Wildman–Crippen MR) is 160 cm³/mol. The third kappa shape index (κ3) is 8.77. The smallest absolute Gasteiger partial charge is 0.314 e. The van der Waals surface area contributed by atoms with Crippen LogP contribution in [-0.2, 0) is 30.3 Å². The second kappa shape index (κ2) is 15.5. The molecular formula is C30H39N5O7S. The molecule has 43 heavy (non-hydrogen) atoms. The fraction of sp³-hybridized carbons (Fsp3) is 0.500. The maximum Gasteiger partial charge on any atom is 0.314 e. The molecule has 1 unspecified atom stereocenters. The van der Waals surface area contributed by atoms with Gasteiger partial charge in [-0.05, 0) is 50.3 Å². The topological polar surface area (TPSA) is 141 Å². The number of aromatic nitrogens is 2. The van der Waals surface area contributed by atoms with Gasteiger partial charge in [0, 0.05) is 64.1 Å². The van der Waals surface area contributed by atoms with Crippen LogP contribution in [0.25, 0.3) is 4.96 Å². The number of fused-ring (bicyclic) bond motifs is 18. The summed E-state index contributed by atoms with van der Waals surface area (Å²) in [6.07, 6.45) is 5.26. The van der Waals surface area contributed by atoms with Gasteiger partial charge in [-0.3, -0.25) is 23.6 Å². The zero-order valence-electron chi connectivity index (χ0n) is 24.6. The van der Waals surface area contributed by atoms with E-state index in [2.05, 4.69) is 15.6 Å². The molecule has 2 aliphatic heterocycles. The number of esters is 1. The number of nitrogens with zero attached hydrogens (tertiary/aromatic N) is 3. The number of carbonyl (C=O) groups excluding carboxylic acids is 4. The van der Waals surface area contributed by atoms with Crippen LogP contribution in [0.2, 0.25) is 0 Å². The van der Waals surface area contributed by atoms with Crippen LogP contribution in [0.5, 0.6) is 5.75 Å². The molecule has 0 radical (unpaired) electrons. The number of benzene rings is 1. The molecule has 1 atom stereocenters. The van der Waals surface area contributed by atoms with Crippen LogP contribution in [-0.4, -0.2) is 91.1 Å². The zero-order chi connectivity index (χ0) is 30.7.